The Morgan fingerprint density at radius 3 is 2.36 bits per heavy atom. The highest BCUT2D eigenvalue weighted by atomic mass is 16.2. The molecular weight excluding hydrogens is 278 g/mol. The maximum Gasteiger partial charge on any atom is 0.241 e. The van der Waals surface area contributed by atoms with Gasteiger partial charge in [0.25, 0.3) is 0 Å². The summed E-state index contributed by atoms with van der Waals surface area (Å²) >= 11 is 0. The maximum atomic E-state index is 12.5. The van der Waals surface area contributed by atoms with E-state index < -0.39 is 0 Å². The molecule has 1 aliphatic heterocycles. The number of amides is 2. The smallest absolute Gasteiger partial charge is 0.241 e. The van der Waals surface area contributed by atoms with Crippen LogP contribution in [0.4, 0.5) is 5.69 Å². The van der Waals surface area contributed by atoms with Crippen LogP contribution in [0, 0.1) is 13.8 Å². The van der Waals surface area contributed by atoms with Crippen molar-refractivity contribution in [2.24, 2.45) is 0 Å². The molecule has 120 valence electrons. The summed E-state index contributed by atoms with van der Waals surface area (Å²) in [4.78, 5) is 27.8. The third kappa shape index (κ3) is 3.85. The number of benzene rings is 1. The van der Waals surface area contributed by atoms with Crippen molar-refractivity contribution in [1.82, 2.24) is 9.80 Å². The highest BCUT2D eigenvalue weighted by molar-refractivity contribution is 5.95. The van der Waals surface area contributed by atoms with E-state index in [1.807, 2.05) is 43.9 Å². The summed E-state index contributed by atoms with van der Waals surface area (Å²) in [6.07, 6.45) is 0. The van der Waals surface area contributed by atoms with Crippen LogP contribution in [-0.2, 0) is 9.59 Å². The second kappa shape index (κ2) is 6.92. The van der Waals surface area contributed by atoms with Gasteiger partial charge < -0.3 is 10.2 Å². The minimum absolute atomic E-state index is 0.00461. The van der Waals surface area contributed by atoms with Crippen molar-refractivity contribution < 1.29 is 9.59 Å². The Morgan fingerprint density at radius 1 is 1.14 bits per heavy atom. The normalized spacial score (nSPS) is 17.2. The fraction of sp³-hybridized carbons (Fsp3) is 0.529. The van der Waals surface area contributed by atoms with E-state index in [0.29, 0.717) is 13.1 Å². The van der Waals surface area contributed by atoms with E-state index in [1.165, 1.54) is 0 Å². The van der Waals surface area contributed by atoms with Crippen molar-refractivity contribution in [1.29, 1.82) is 0 Å². The van der Waals surface area contributed by atoms with Crippen molar-refractivity contribution in [2.45, 2.75) is 33.7 Å². The third-order valence-electron chi connectivity index (χ3n) is 4.34. The first-order valence-electron chi connectivity index (χ1n) is 7.76. The van der Waals surface area contributed by atoms with Gasteiger partial charge in [-0.05, 0) is 38.0 Å². The molecule has 0 spiro atoms. The number of nitrogens with one attached hydrogen (secondary N) is 1. The van der Waals surface area contributed by atoms with Gasteiger partial charge in [0.1, 0.15) is 0 Å². The Balaban J connectivity index is 1.95. The molecule has 0 unspecified atom stereocenters. The second-order valence-electron chi connectivity index (χ2n) is 6.03. The highest BCUT2D eigenvalue weighted by Crippen LogP contribution is 2.17. The number of hydrogen-bond acceptors (Lipinski definition) is 3. The number of anilines is 1. The lowest BCUT2D eigenvalue weighted by molar-refractivity contribution is -0.131. The summed E-state index contributed by atoms with van der Waals surface area (Å²) in [6, 6.07) is 5.85. The van der Waals surface area contributed by atoms with Crippen LogP contribution >= 0.6 is 0 Å². The SMILES string of the molecule is CC(=O)N1CCN([C@H](C)C(=O)Nc2cc(C)ccc2C)CC1. The van der Waals surface area contributed by atoms with E-state index in [2.05, 4.69) is 10.2 Å². The van der Waals surface area contributed by atoms with Crippen LogP contribution in [0.2, 0.25) is 0 Å². The molecule has 5 nitrogen and oxygen atoms in total. The zero-order valence-corrected chi connectivity index (χ0v) is 13.8. The van der Waals surface area contributed by atoms with Gasteiger partial charge in [0, 0.05) is 38.8 Å². The van der Waals surface area contributed by atoms with Crippen molar-refractivity contribution in [3.63, 3.8) is 0 Å². The van der Waals surface area contributed by atoms with Crippen molar-refractivity contribution >= 4 is 17.5 Å². The van der Waals surface area contributed by atoms with E-state index in [0.717, 1.165) is 29.9 Å². The summed E-state index contributed by atoms with van der Waals surface area (Å²) in [5.74, 6) is 0.108. The minimum Gasteiger partial charge on any atom is -0.340 e. The number of carbonyl (C=O) groups is 2. The predicted molar refractivity (Wildman–Crippen MR) is 87.8 cm³/mol. The van der Waals surface area contributed by atoms with Gasteiger partial charge in [-0.2, -0.15) is 0 Å². The summed E-state index contributed by atoms with van der Waals surface area (Å²) in [5, 5.41) is 3.02. The summed E-state index contributed by atoms with van der Waals surface area (Å²) in [5.41, 5.74) is 3.07. The van der Waals surface area contributed by atoms with Gasteiger partial charge in [0.05, 0.1) is 6.04 Å². The molecule has 1 aromatic rings. The average molecular weight is 303 g/mol. The Bertz CT molecular complexity index is 563. The van der Waals surface area contributed by atoms with Crippen LogP contribution in [-0.4, -0.2) is 53.8 Å². The summed E-state index contributed by atoms with van der Waals surface area (Å²) in [7, 11) is 0. The van der Waals surface area contributed by atoms with Crippen molar-refractivity contribution in [3.8, 4) is 0 Å². The van der Waals surface area contributed by atoms with Crippen molar-refractivity contribution in [3.05, 3.63) is 29.3 Å². The zero-order chi connectivity index (χ0) is 16.3. The topological polar surface area (TPSA) is 52.7 Å². The lowest BCUT2D eigenvalue weighted by Crippen LogP contribution is -2.53. The van der Waals surface area contributed by atoms with E-state index in [1.54, 1.807) is 6.92 Å². The number of rotatable bonds is 3. The first kappa shape index (κ1) is 16.5. The number of piperazine rings is 1. The fourth-order valence-electron chi connectivity index (χ4n) is 2.70. The Morgan fingerprint density at radius 2 is 1.77 bits per heavy atom. The molecule has 22 heavy (non-hydrogen) atoms. The quantitative estimate of drug-likeness (QED) is 0.926. The van der Waals surface area contributed by atoms with Crippen LogP contribution in [0.3, 0.4) is 0 Å². The van der Waals surface area contributed by atoms with Gasteiger partial charge >= 0.3 is 0 Å². The Kier molecular flexibility index (Phi) is 5.19. The highest BCUT2D eigenvalue weighted by Gasteiger charge is 2.26. The first-order chi connectivity index (χ1) is 10.4. The van der Waals surface area contributed by atoms with E-state index in [-0.39, 0.29) is 17.9 Å². The summed E-state index contributed by atoms with van der Waals surface area (Å²) in [6.45, 7) is 10.4. The van der Waals surface area contributed by atoms with Crippen LogP contribution in [0.15, 0.2) is 18.2 Å². The second-order valence-corrected chi connectivity index (χ2v) is 6.03. The molecule has 1 heterocycles. The molecule has 1 atom stereocenters. The van der Waals surface area contributed by atoms with E-state index >= 15 is 0 Å². The molecule has 0 aromatic heterocycles. The van der Waals surface area contributed by atoms with Crippen molar-refractivity contribution in [2.75, 3.05) is 31.5 Å². The molecule has 0 saturated carbocycles. The number of nitrogens with zero attached hydrogens (tertiary/aromatic N) is 2. The third-order valence-corrected chi connectivity index (χ3v) is 4.34. The van der Waals surface area contributed by atoms with Crippen LogP contribution in [0.1, 0.15) is 25.0 Å². The molecule has 1 fully saturated rings. The molecule has 1 N–H and O–H groups in total. The van der Waals surface area contributed by atoms with Crippen LogP contribution in [0.25, 0.3) is 0 Å². The Hall–Kier alpha value is -1.88. The molecule has 0 bridgehead atoms. The van der Waals surface area contributed by atoms with E-state index in [4.69, 9.17) is 0 Å². The molecule has 5 heteroatoms. The molecule has 0 radical (unpaired) electrons. The molecule has 1 aliphatic rings. The van der Waals surface area contributed by atoms with Gasteiger partial charge in [0.2, 0.25) is 11.8 Å². The Labute approximate surface area is 132 Å². The molecule has 1 aromatic carbocycles. The number of aryl methyl sites for hydroxylation is 2. The molecule has 1 saturated heterocycles. The predicted octanol–water partition coefficient (Wildman–Crippen LogP) is 1.79. The van der Waals surface area contributed by atoms with Gasteiger partial charge in [-0.1, -0.05) is 12.1 Å². The lowest BCUT2D eigenvalue weighted by Gasteiger charge is -2.37. The molecule has 2 amide bonds. The average Bonchev–Trinajstić information content (AvgIpc) is 2.50. The van der Waals surface area contributed by atoms with Gasteiger partial charge in [0.15, 0.2) is 0 Å². The maximum absolute atomic E-state index is 12.5. The number of hydrogen-bond donors (Lipinski definition) is 1. The molecule has 0 aliphatic carbocycles. The standard InChI is InChI=1S/C17H25N3O2/c1-12-5-6-13(2)16(11-12)18-17(22)14(3)19-7-9-20(10-8-19)15(4)21/h5-6,11,14H,7-10H2,1-4H3,(H,18,22)/t14-/m1/s1. The van der Waals surface area contributed by atoms with Crippen LogP contribution < -0.4 is 5.32 Å². The van der Waals surface area contributed by atoms with Crippen LogP contribution in [0.5, 0.6) is 0 Å². The fourth-order valence-corrected chi connectivity index (χ4v) is 2.70. The van der Waals surface area contributed by atoms with Gasteiger partial charge in [-0.3, -0.25) is 14.5 Å². The van der Waals surface area contributed by atoms with Gasteiger partial charge in [-0.15, -0.1) is 0 Å². The lowest BCUT2D eigenvalue weighted by atomic mass is 10.1. The number of carbonyl (C=O) groups excluding carboxylic acids is 2. The molecular formula is C17H25N3O2. The largest absolute Gasteiger partial charge is 0.340 e. The minimum atomic E-state index is -0.200. The van der Waals surface area contributed by atoms with E-state index in [9.17, 15) is 9.59 Å². The zero-order valence-electron chi connectivity index (χ0n) is 13.8. The monoisotopic (exact) mass is 303 g/mol. The van der Waals surface area contributed by atoms with Gasteiger partial charge in [-0.25, -0.2) is 0 Å². The summed E-state index contributed by atoms with van der Waals surface area (Å²) < 4.78 is 0. The first-order valence-corrected chi connectivity index (χ1v) is 7.76. The molecule has 2 rings (SSSR count).